The molecule has 1 fully saturated rings. The van der Waals surface area contributed by atoms with E-state index >= 15 is 0 Å². The minimum absolute atomic E-state index is 0.167. The lowest BCUT2D eigenvalue weighted by molar-refractivity contribution is -0.873. The average Bonchev–Trinajstić information content (AvgIpc) is 3.50. The first-order valence-electron chi connectivity index (χ1n) is 12.8. The zero-order chi connectivity index (χ0) is 25.9. The zero-order valence-corrected chi connectivity index (χ0v) is 22.1. The fourth-order valence-electron chi connectivity index (χ4n) is 3.55. The van der Waals surface area contributed by atoms with Crippen molar-refractivity contribution in [3.8, 4) is 0 Å². The molecule has 1 heterocycles. The normalized spacial score (nSPS) is 19.5. The highest BCUT2D eigenvalue weighted by Gasteiger charge is 2.35. The maximum Gasteiger partial charge on any atom is 0.307 e. The number of carboxylic acids is 1. The Kier molecular flexibility index (Phi) is 15.7. The van der Waals surface area contributed by atoms with Crippen LogP contribution in [0.1, 0.15) is 64.7 Å². The van der Waals surface area contributed by atoms with Crippen molar-refractivity contribution in [1.82, 2.24) is 0 Å². The number of allylic oxidation sites excluding steroid dienone is 8. The number of quaternary nitrogens is 1. The second kappa shape index (κ2) is 17.9. The predicted molar refractivity (Wildman–Crippen MR) is 142 cm³/mol. The number of esters is 1. The molecule has 0 aromatic rings. The molecule has 35 heavy (non-hydrogen) atoms. The van der Waals surface area contributed by atoms with Crippen LogP contribution in [-0.4, -0.2) is 67.5 Å². The quantitative estimate of drug-likeness (QED) is 0.108. The maximum atomic E-state index is 12.0. The van der Waals surface area contributed by atoms with E-state index in [0.717, 1.165) is 38.5 Å². The van der Waals surface area contributed by atoms with Crippen LogP contribution in [-0.2, 0) is 19.1 Å². The van der Waals surface area contributed by atoms with Crippen molar-refractivity contribution in [3.63, 3.8) is 0 Å². The number of nitrogens with zero attached hydrogens (tertiary/aromatic N) is 1. The number of carboxylic acid groups (broad SMARTS) is 1. The van der Waals surface area contributed by atoms with E-state index in [0.29, 0.717) is 29.7 Å². The smallest absolute Gasteiger partial charge is 0.307 e. The molecule has 1 saturated heterocycles. The molecule has 0 aromatic carbocycles. The van der Waals surface area contributed by atoms with Gasteiger partial charge in [-0.3, -0.25) is 9.59 Å². The molecule has 1 aliphatic heterocycles. The van der Waals surface area contributed by atoms with E-state index in [1.807, 2.05) is 33.3 Å². The molecule has 3 unspecified atom stereocenters. The first-order chi connectivity index (χ1) is 16.7. The Balaban J connectivity index is 2.07. The topological polar surface area (TPSA) is 76.1 Å². The number of hydrogen-bond donors (Lipinski definition) is 1. The van der Waals surface area contributed by atoms with Gasteiger partial charge in [0.2, 0.25) is 0 Å². The van der Waals surface area contributed by atoms with Crippen LogP contribution >= 0.6 is 0 Å². The summed E-state index contributed by atoms with van der Waals surface area (Å²) >= 11 is 0. The molecule has 3 atom stereocenters. The third kappa shape index (κ3) is 18.5. The van der Waals surface area contributed by atoms with E-state index in [-0.39, 0.29) is 18.8 Å². The highest BCUT2D eigenvalue weighted by Crippen LogP contribution is 2.29. The average molecular weight is 489 g/mol. The van der Waals surface area contributed by atoms with Crippen LogP contribution < -0.4 is 0 Å². The molecule has 0 aromatic heterocycles. The number of carbonyl (C=O) groups is 2. The lowest BCUT2D eigenvalue weighted by Gasteiger charge is -2.28. The zero-order valence-electron chi connectivity index (χ0n) is 22.1. The van der Waals surface area contributed by atoms with Crippen LogP contribution in [0.5, 0.6) is 0 Å². The second-order valence-corrected chi connectivity index (χ2v) is 9.88. The lowest BCUT2D eigenvalue weighted by atomic mass is 10.1. The third-order valence-corrected chi connectivity index (χ3v) is 5.28. The monoisotopic (exact) mass is 488 g/mol. The van der Waals surface area contributed by atoms with Crippen LogP contribution in [0.25, 0.3) is 0 Å². The summed E-state index contributed by atoms with van der Waals surface area (Å²) in [6.07, 6.45) is 28.1. The number of likely N-dealkylation sites (N-methyl/N-ethyl adjacent to an activating group) is 1. The molecule has 0 bridgehead atoms. The van der Waals surface area contributed by atoms with Crippen molar-refractivity contribution in [1.29, 1.82) is 0 Å². The van der Waals surface area contributed by atoms with Crippen molar-refractivity contribution in [3.05, 3.63) is 60.8 Å². The lowest BCUT2D eigenvalue weighted by Crippen LogP contribution is -2.43. The molecule has 6 heteroatoms. The number of aliphatic carboxylic acids is 1. The summed E-state index contributed by atoms with van der Waals surface area (Å²) in [6.45, 7) is 2.61. The van der Waals surface area contributed by atoms with E-state index in [1.54, 1.807) is 0 Å². The van der Waals surface area contributed by atoms with E-state index in [9.17, 15) is 9.59 Å². The third-order valence-electron chi connectivity index (χ3n) is 5.28. The summed E-state index contributed by atoms with van der Waals surface area (Å²) in [6, 6.07) is 0. The predicted octanol–water partition coefficient (Wildman–Crippen LogP) is 5.77. The van der Waals surface area contributed by atoms with Gasteiger partial charge in [0.1, 0.15) is 6.54 Å². The Bertz CT molecular complexity index is 758. The molecule has 1 aliphatic rings. The van der Waals surface area contributed by atoms with Crippen molar-refractivity contribution < 1.29 is 28.7 Å². The number of epoxide rings is 1. The van der Waals surface area contributed by atoms with Gasteiger partial charge in [-0.1, -0.05) is 67.7 Å². The van der Waals surface area contributed by atoms with Crippen LogP contribution in [0, 0.1) is 0 Å². The van der Waals surface area contributed by atoms with Gasteiger partial charge in [0.15, 0.2) is 6.10 Å². The van der Waals surface area contributed by atoms with E-state index in [2.05, 4.69) is 55.5 Å². The number of hydrogen-bond acceptors (Lipinski definition) is 4. The molecule has 0 amide bonds. The first-order valence-corrected chi connectivity index (χ1v) is 12.8. The van der Waals surface area contributed by atoms with Crippen molar-refractivity contribution in [2.45, 2.75) is 83.0 Å². The maximum absolute atomic E-state index is 12.0. The Morgan fingerprint density at radius 3 is 1.89 bits per heavy atom. The molecule has 0 spiro atoms. The van der Waals surface area contributed by atoms with E-state index in [1.165, 1.54) is 0 Å². The number of rotatable bonds is 19. The standard InChI is InChI=1S/C29H45NO5/c1-5-6-17-20-26-27(35-26)21-18-15-13-11-9-7-8-10-12-14-16-19-22-29(33)34-25(23-28(31)32)24-30(2,3)4/h6,8-11,14-18,25-27H,5,7,12-13,19-24H2,1-4H3/p+1/b10-8+,11-9+,16-14+,17-6+,18-15+. The molecular weight excluding hydrogens is 442 g/mol. The van der Waals surface area contributed by atoms with Gasteiger partial charge in [-0.25, -0.2) is 0 Å². The molecule has 0 aliphatic carbocycles. The van der Waals surface area contributed by atoms with Crippen LogP contribution in [0.15, 0.2) is 60.8 Å². The van der Waals surface area contributed by atoms with E-state index < -0.39 is 12.1 Å². The largest absolute Gasteiger partial charge is 0.481 e. The molecule has 6 nitrogen and oxygen atoms in total. The highest BCUT2D eigenvalue weighted by molar-refractivity contribution is 5.71. The molecular formula is C29H46NO5+. The van der Waals surface area contributed by atoms with Crippen molar-refractivity contribution >= 4 is 11.9 Å². The summed E-state index contributed by atoms with van der Waals surface area (Å²) in [5, 5.41) is 9.02. The highest BCUT2D eigenvalue weighted by atomic mass is 16.6. The minimum Gasteiger partial charge on any atom is -0.481 e. The Hall–Kier alpha value is -2.44. The van der Waals surface area contributed by atoms with Gasteiger partial charge in [0, 0.05) is 6.42 Å². The Morgan fingerprint density at radius 1 is 0.857 bits per heavy atom. The number of carbonyl (C=O) groups excluding carboxylic acids is 1. The summed E-state index contributed by atoms with van der Waals surface area (Å²) in [4.78, 5) is 23.0. The first kappa shape index (κ1) is 30.6. The molecule has 0 radical (unpaired) electrons. The van der Waals surface area contributed by atoms with Crippen molar-refractivity contribution in [2.75, 3.05) is 27.7 Å². The molecule has 0 saturated carbocycles. The van der Waals surface area contributed by atoms with Crippen molar-refractivity contribution in [2.24, 2.45) is 0 Å². The van der Waals surface area contributed by atoms with Gasteiger partial charge in [0.25, 0.3) is 0 Å². The SMILES string of the molecule is CC/C=C/CC1OC1C/C=C/C/C=C/C/C=C/C/C=C/CCC(=O)OC(CC(=O)O)C[N+](C)(C)C. The van der Waals surface area contributed by atoms with Gasteiger partial charge in [-0.15, -0.1) is 0 Å². The molecule has 196 valence electrons. The summed E-state index contributed by atoms with van der Waals surface area (Å²) in [7, 11) is 5.83. The summed E-state index contributed by atoms with van der Waals surface area (Å²) < 4.78 is 11.6. The van der Waals surface area contributed by atoms with Gasteiger partial charge in [0.05, 0.1) is 39.8 Å². The van der Waals surface area contributed by atoms with Gasteiger partial charge in [-0.2, -0.15) is 0 Å². The van der Waals surface area contributed by atoms with Gasteiger partial charge in [-0.05, 0) is 44.9 Å². The molecule has 1 rings (SSSR count). The minimum atomic E-state index is -0.956. The Morgan fingerprint density at radius 2 is 1.37 bits per heavy atom. The van der Waals surface area contributed by atoms with Crippen LogP contribution in [0.4, 0.5) is 0 Å². The fraction of sp³-hybridized carbons (Fsp3) is 0.586. The molecule has 1 N–H and O–H groups in total. The van der Waals surface area contributed by atoms with Crippen LogP contribution in [0.3, 0.4) is 0 Å². The second-order valence-electron chi connectivity index (χ2n) is 9.88. The van der Waals surface area contributed by atoms with Crippen LogP contribution in [0.2, 0.25) is 0 Å². The summed E-state index contributed by atoms with van der Waals surface area (Å²) in [5.41, 5.74) is 0. The Labute approximate surface area is 212 Å². The van der Waals surface area contributed by atoms with E-state index in [4.69, 9.17) is 14.6 Å². The fourth-order valence-corrected chi connectivity index (χ4v) is 3.55. The van der Waals surface area contributed by atoms with Gasteiger partial charge < -0.3 is 19.1 Å². The number of ether oxygens (including phenoxy) is 2. The van der Waals surface area contributed by atoms with Gasteiger partial charge >= 0.3 is 11.9 Å². The summed E-state index contributed by atoms with van der Waals surface area (Å²) in [5.74, 6) is -1.31.